The first-order valence-corrected chi connectivity index (χ1v) is 27.8. The number of ether oxygens (including phenoxy) is 6. The van der Waals surface area contributed by atoms with Crippen molar-refractivity contribution in [1.82, 2.24) is 0 Å². The Bertz CT molecular complexity index is 2720. The van der Waals surface area contributed by atoms with Crippen LogP contribution in [0.25, 0.3) is 0 Å². The molecule has 0 bridgehead atoms. The highest BCUT2D eigenvalue weighted by molar-refractivity contribution is 5.92. The number of rotatable bonds is 37. The van der Waals surface area contributed by atoms with E-state index >= 15 is 0 Å². The minimum Gasteiger partial charge on any atom is -0.494 e. The van der Waals surface area contributed by atoms with Crippen LogP contribution in [0, 0.1) is 20.2 Å². The molecule has 0 unspecified atom stereocenters. The molecule has 0 N–H and O–H groups in total. The van der Waals surface area contributed by atoms with Crippen molar-refractivity contribution in [1.29, 1.82) is 0 Å². The molecule has 0 atom stereocenters. The Morgan fingerprint density at radius 1 is 0.375 bits per heavy atom. The van der Waals surface area contributed by atoms with Gasteiger partial charge in [0.05, 0.1) is 58.8 Å². The van der Waals surface area contributed by atoms with Crippen molar-refractivity contribution >= 4 is 46.1 Å². The molecular weight excluding hydrogens is 1020 g/mol. The summed E-state index contributed by atoms with van der Waals surface area (Å²) in [7, 11) is 0. The highest BCUT2D eigenvalue weighted by Gasteiger charge is 2.16. The van der Waals surface area contributed by atoms with Gasteiger partial charge in [-0.2, -0.15) is 10.2 Å². The summed E-state index contributed by atoms with van der Waals surface area (Å²) in [6, 6.07) is 34.2. The van der Waals surface area contributed by atoms with Gasteiger partial charge in [0.25, 0.3) is 11.4 Å². The Hall–Kier alpha value is -8.54. The van der Waals surface area contributed by atoms with E-state index in [0.717, 1.165) is 25.7 Å². The van der Waals surface area contributed by atoms with Crippen LogP contribution < -0.4 is 28.4 Å². The van der Waals surface area contributed by atoms with Crippen molar-refractivity contribution in [3.63, 3.8) is 0 Å². The van der Waals surface area contributed by atoms with Crippen molar-refractivity contribution in [2.24, 2.45) is 20.5 Å². The Balaban J connectivity index is 1.06. The van der Waals surface area contributed by atoms with Gasteiger partial charge in [0.1, 0.15) is 34.4 Å². The van der Waals surface area contributed by atoms with E-state index in [-0.39, 0.29) is 47.6 Å². The van der Waals surface area contributed by atoms with Crippen molar-refractivity contribution in [3.05, 3.63) is 165 Å². The second-order valence-electron chi connectivity index (χ2n) is 19.1. The summed E-state index contributed by atoms with van der Waals surface area (Å²) in [5.41, 5.74) is 1.84. The minimum absolute atomic E-state index is 0.0879. The van der Waals surface area contributed by atoms with Crippen LogP contribution in [0.5, 0.6) is 34.5 Å². The lowest BCUT2D eigenvalue weighted by molar-refractivity contribution is -0.385. The van der Waals surface area contributed by atoms with Crippen LogP contribution in [0.1, 0.15) is 150 Å². The maximum absolute atomic E-state index is 13.3. The number of nitro benzene ring substituents is 2. The number of hydrogen-bond acceptors (Lipinski definition) is 16. The van der Waals surface area contributed by atoms with Crippen LogP contribution in [-0.4, -0.2) is 48.2 Å². The summed E-state index contributed by atoms with van der Waals surface area (Å²) < 4.78 is 35.8. The molecule has 6 rings (SSSR count). The van der Waals surface area contributed by atoms with E-state index in [9.17, 15) is 29.8 Å². The third kappa shape index (κ3) is 21.7. The number of benzene rings is 6. The Morgan fingerprint density at radius 3 is 1.04 bits per heavy atom. The van der Waals surface area contributed by atoms with E-state index in [2.05, 4.69) is 34.3 Å². The second-order valence-corrected chi connectivity index (χ2v) is 19.1. The molecule has 0 radical (unpaired) electrons. The lowest BCUT2D eigenvalue weighted by atomic mass is 10.1. The fourth-order valence-corrected chi connectivity index (χ4v) is 8.14. The lowest BCUT2D eigenvalue weighted by Gasteiger charge is -2.13. The first kappa shape index (κ1) is 60.7. The molecule has 6 aromatic rings. The van der Waals surface area contributed by atoms with Crippen LogP contribution >= 0.6 is 0 Å². The van der Waals surface area contributed by atoms with Crippen LogP contribution in [0.3, 0.4) is 0 Å². The van der Waals surface area contributed by atoms with Gasteiger partial charge < -0.3 is 28.4 Å². The van der Waals surface area contributed by atoms with E-state index in [1.165, 1.54) is 138 Å². The smallest absolute Gasteiger partial charge is 0.343 e. The fourth-order valence-electron chi connectivity index (χ4n) is 8.14. The molecule has 0 aliphatic rings. The summed E-state index contributed by atoms with van der Waals surface area (Å²) in [4.78, 5) is 48.0. The molecular formula is C62H72N6O12. The largest absolute Gasteiger partial charge is 0.494 e. The summed E-state index contributed by atoms with van der Waals surface area (Å²) in [6.07, 6.45) is 20.2. The number of carbonyl (C=O) groups excluding carboxylic acids is 2. The second kappa shape index (κ2) is 34.4. The van der Waals surface area contributed by atoms with Gasteiger partial charge in [-0.25, -0.2) is 9.59 Å². The van der Waals surface area contributed by atoms with Crippen LogP contribution in [0.4, 0.5) is 34.1 Å². The van der Waals surface area contributed by atoms with Crippen LogP contribution in [0.2, 0.25) is 0 Å². The number of nitro groups is 2. The van der Waals surface area contributed by atoms with Crippen molar-refractivity contribution in [2.75, 3.05) is 26.4 Å². The monoisotopic (exact) mass is 1090 g/mol. The molecule has 0 saturated carbocycles. The highest BCUT2D eigenvalue weighted by atomic mass is 16.6. The SMILES string of the molecule is CCCCCCCCCCOc1ccc(C(=O)Oc2ccc(N=Nc3ccc([N+](=O)[O-])cc3)c(OCCCCOc3cc(OC(=O)c4ccc(OCCCCCCCCCC)cc4)ccc3N=Nc3ccc([N+](=O)[O-])cc3)c2)cc1. The zero-order valence-electron chi connectivity index (χ0n) is 45.8. The average Bonchev–Trinajstić information content (AvgIpc) is 3.48. The third-order valence-corrected chi connectivity index (χ3v) is 12.7. The molecule has 0 amide bonds. The zero-order valence-corrected chi connectivity index (χ0v) is 45.8. The lowest BCUT2D eigenvalue weighted by Crippen LogP contribution is -2.09. The van der Waals surface area contributed by atoms with Gasteiger partial charge in [0.2, 0.25) is 0 Å². The fraction of sp³-hybridized carbons (Fsp3) is 0.387. The topological polar surface area (TPSA) is 225 Å². The molecule has 0 saturated heterocycles. The molecule has 0 fully saturated rings. The maximum atomic E-state index is 13.3. The van der Waals surface area contributed by atoms with Gasteiger partial charge in [0.15, 0.2) is 11.5 Å². The summed E-state index contributed by atoms with van der Waals surface area (Å²) in [5, 5.41) is 39.6. The molecule has 0 aromatic heterocycles. The van der Waals surface area contributed by atoms with Gasteiger partial charge >= 0.3 is 11.9 Å². The van der Waals surface area contributed by atoms with E-state index < -0.39 is 21.8 Å². The molecule has 0 aliphatic carbocycles. The average molecular weight is 1090 g/mol. The Kier molecular flexibility index (Phi) is 26.1. The van der Waals surface area contributed by atoms with Crippen molar-refractivity contribution in [2.45, 2.75) is 129 Å². The first-order chi connectivity index (χ1) is 39.1. The van der Waals surface area contributed by atoms with Gasteiger partial charge in [-0.05, 0) is 123 Å². The number of esters is 2. The van der Waals surface area contributed by atoms with Gasteiger partial charge in [-0.1, -0.05) is 104 Å². The van der Waals surface area contributed by atoms with Crippen LogP contribution in [0.15, 0.2) is 154 Å². The number of nitrogens with zero attached hydrogens (tertiary/aromatic N) is 6. The Labute approximate surface area is 467 Å². The van der Waals surface area contributed by atoms with Crippen LogP contribution in [-0.2, 0) is 0 Å². The minimum atomic E-state index is -0.586. The van der Waals surface area contributed by atoms with Gasteiger partial charge in [0, 0.05) is 36.4 Å². The number of carbonyl (C=O) groups is 2. The molecule has 0 aliphatic heterocycles. The predicted octanol–water partition coefficient (Wildman–Crippen LogP) is 18.0. The van der Waals surface area contributed by atoms with E-state index in [0.29, 0.717) is 71.4 Å². The van der Waals surface area contributed by atoms with Gasteiger partial charge in [-0.3, -0.25) is 20.2 Å². The summed E-state index contributed by atoms with van der Waals surface area (Å²) in [6.45, 7) is 5.99. The maximum Gasteiger partial charge on any atom is 0.343 e. The standard InChI is InChI=1S/C62H72N6O12/c1-3-5-7-9-11-13-15-17-41-75-53-33-21-47(22-34-53)61(69)79-55-37-39-57(65-63-49-25-29-51(30-26-49)67(71)72)59(45-55)77-43-19-20-44-78-60-46-56(38-40-58(60)66-64-50-27-31-52(32-28-50)68(73)74)80-62(70)48-23-35-54(36-24-48)76-42-18-16-14-12-10-8-6-4-2/h21-40,45-46H,3-20,41-44H2,1-2H3. The van der Waals surface area contributed by atoms with Crippen molar-refractivity contribution in [3.8, 4) is 34.5 Å². The molecule has 18 heteroatoms. The van der Waals surface area contributed by atoms with Gasteiger partial charge in [-0.15, -0.1) is 10.2 Å². The molecule has 80 heavy (non-hydrogen) atoms. The summed E-state index contributed by atoms with van der Waals surface area (Å²) >= 11 is 0. The number of non-ortho nitro benzene ring substituents is 2. The van der Waals surface area contributed by atoms with E-state index in [1.807, 2.05) is 0 Å². The van der Waals surface area contributed by atoms with E-state index in [4.69, 9.17) is 28.4 Å². The summed E-state index contributed by atoms with van der Waals surface area (Å²) in [5.74, 6) is 1.08. The number of unbranched alkanes of at least 4 members (excludes halogenated alkanes) is 15. The predicted molar refractivity (Wildman–Crippen MR) is 307 cm³/mol. The highest BCUT2D eigenvalue weighted by Crippen LogP contribution is 2.36. The number of azo groups is 2. The molecule has 0 heterocycles. The normalized spacial score (nSPS) is 11.2. The first-order valence-electron chi connectivity index (χ1n) is 27.8. The van der Waals surface area contributed by atoms with E-state index in [1.54, 1.807) is 72.8 Å². The molecule has 0 spiro atoms. The zero-order chi connectivity index (χ0) is 56.6. The van der Waals surface area contributed by atoms with Crippen molar-refractivity contribution < 1.29 is 47.9 Å². The third-order valence-electron chi connectivity index (χ3n) is 12.7. The molecule has 6 aromatic carbocycles. The molecule has 422 valence electrons. The quantitative estimate of drug-likeness (QED) is 0.00887. The number of hydrogen-bond donors (Lipinski definition) is 0. The Morgan fingerprint density at radius 2 is 0.688 bits per heavy atom. The molecule has 18 nitrogen and oxygen atoms in total.